The van der Waals surface area contributed by atoms with E-state index in [1.54, 1.807) is 0 Å². The normalized spacial score (nSPS) is 18.2. The summed E-state index contributed by atoms with van der Waals surface area (Å²) in [6, 6.07) is 16.4. The van der Waals surface area contributed by atoms with Gasteiger partial charge in [-0.15, -0.1) is 0 Å². The summed E-state index contributed by atoms with van der Waals surface area (Å²) in [7, 11) is 0. The van der Waals surface area contributed by atoms with Gasteiger partial charge in [-0.3, -0.25) is 4.90 Å². The Morgan fingerprint density at radius 1 is 0.920 bits per heavy atom. The fourth-order valence-electron chi connectivity index (χ4n) is 3.50. The Morgan fingerprint density at radius 2 is 1.64 bits per heavy atom. The molecule has 130 valence electrons. The Balaban J connectivity index is 1.65. The summed E-state index contributed by atoms with van der Waals surface area (Å²) in [5.74, 6) is 1.54. The molecule has 1 saturated heterocycles. The minimum absolute atomic E-state index is 0.0617. The summed E-state index contributed by atoms with van der Waals surface area (Å²) in [6.07, 6.45) is -0.848. The number of piperazine rings is 1. The molecule has 1 unspecified atom stereocenters. The zero-order valence-electron chi connectivity index (χ0n) is 13.8. The first-order chi connectivity index (χ1) is 12.2. The Kier molecular flexibility index (Phi) is 4.19. The van der Waals surface area contributed by atoms with Crippen molar-refractivity contribution >= 4 is 6.09 Å². The van der Waals surface area contributed by atoms with E-state index >= 15 is 0 Å². The number of ether oxygens (including phenoxy) is 2. The third-order valence-corrected chi connectivity index (χ3v) is 4.78. The molecule has 2 aliphatic rings. The molecule has 2 aromatic carbocycles. The van der Waals surface area contributed by atoms with Crippen molar-refractivity contribution in [3.05, 3.63) is 59.7 Å². The van der Waals surface area contributed by atoms with Crippen molar-refractivity contribution in [1.82, 2.24) is 9.80 Å². The van der Waals surface area contributed by atoms with Crippen molar-refractivity contribution in [3.63, 3.8) is 0 Å². The van der Waals surface area contributed by atoms with E-state index in [2.05, 4.69) is 23.1 Å². The monoisotopic (exact) mass is 340 g/mol. The quantitative estimate of drug-likeness (QED) is 0.931. The first kappa shape index (κ1) is 15.8. The molecule has 0 radical (unpaired) electrons. The fourth-order valence-corrected chi connectivity index (χ4v) is 3.50. The number of benzene rings is 2. The lowest BCUT2D eigenvalue weighted by Gasteiger charge is -2.38. The van der Waals surface area contributed by atoms with Gasteiger partial charge in [-0.05, 0) is 23.3 Å². The second-order valence-electron chi connectivity index (χ2n) is 6.23. The molecule has 1 atom stereocenters. The second kappa shape index (κ2) is 6.64. The lowest BCUT2D eigenvalue weighted by atomic mass is 9.96. The number of nitrogens with zero attached hydrogens (tertiary/aromatic N) is 2. The summed E-state index contributed by atoms with van der Waals surface area (Å²) in [5.41, 5.74) is 2.31. The van der Waals surface area contributed by atoms with Crippen LogP contribution in [0.4, 0.5) is 4.79 Å². The molecule has 0 bridgehead atoms. The van der Waals surface area contributed by atoms with Gasteiger partial charge in [-0.25, -0.2) is 4.79 Å². The predicted molar refractivity (Wildman–Crippen MR) is 92.0 cm³/mol. The maximum absolute atomic E-state index is 11.2. The van der Waals surface area contributed by atoms with E-state index in [1.165, 1.54) is 10.5 Å². The van der Waals surface area contributed by atoms with Crippen molar-refractivity contribution in [2.45, 2.75) is 6.04 Å². The van der Waals surface area contributed by atoms with E-state index in [0.717, 1.165) is 17.1 Å². The first-order valence-electron chi connectivity index (χ1n) is 8.39. The minimum atomic E-state index is -0.848. The largest absolute Gasteiger partial charge is 0.465 e. The molecule has 0 aromatic heterocycles. The lowest BCUT2D eigenvalue weighted by Crippen LogP contribution is -2.49. The highest BCUT2D eigenvalue weighted by atomic mass is 16.7. The highest BCUT2D eigenvalue weighted by molar-refractivity contribution is 5.65. The van der Waals surface area contributed by atoms with E-state index in [0.29, 0.717) is 26.2 Å². The Labute approximate surface area is 146 Å². The van der Waals surface area contributed by atoms with Crippen molar-refractivity contribution in [1.29, 1.82) is 0 Å². The second-order valence-corrected chi connectivity index (χ2v) is 6.23. The summed E-state index contributed by atoms with van der Waals surface area (Å²) < 4.78 is 11.0. The zero-order chi connectivity index (χ0) is 17.2. The van der Waals surface area contributed by atoms with Crippen LogP contribution < -0.4 is 9.47 Å². The van der Waals surface area contributed by atoms with Crippen molar-refractivity contribution in [3.8, 4) is 11.5 Å². The molecule has 1 fully saturated rings. The van der Waals surface area contributed by atoms with Crippen LogP contribution >= 0.6 is 0 Å². The number of hydrogen-bond donors (Lipinski definition) is 1. The number of hydrogen-bond acceptors (Lipinski definition) is 4. The molecule has 0 aliphatic carbocycles. The van der Waals surface area contributed by atoms with Gasteiger partial charge in [0.05, 0.1) is 6.04 Å². The maximum Gasteiger partial charge on any atom is 0.407 e. The molecule has 6 nitrogen and oxygen atoms in total. The van der Waals surface area contributed by atoms with Gasteiger partial charge in [-0.2, -0.15) is 0 Å². The van der Waals surface area contributed by atoms with Crippen LogP contribution in [0.25, 0.3) is 0 Å². The number of fused-ring (bicyclic) bond motifs is 1. The average molecular weight is 340 g/mol. The van der Waals surface area contributed by atoms with Gasteiger partial charge in [0.15, 0.2) is 11.5 Å². The molecule has 0 saturated carbocycles. The van der Waals surface area contributed by atoms with Crippen molar-refractivity contribution < 1.29 is 19.4 Å². The standard InChI is InChI=1S/C19H20N2O4/c22-19(23)21-10-8-20(9-11-21)18(14-4-2-1-3-5-14)15-6-7-16-17(12-15)25-13-24-16/h1-7,12,18H,8-11,13H2,(H,22,23). The molecule has 6 heteroatoms. The Bertz CT molecular complexity index is 757. The summed E-state index contributed by atoms with van der Waals surface area (Å²) >= 11 is 0. The molecule has 4 rings (SSSR count). The van der Waals surface area contributed by atoms with Crippen LogP contribution in [0.3, 0.4) is 0 Å². The zero-order valence-corrected chi connectivity index (χ0v) is 13.8. The van der Waals surface area contributed by atoms with E-state index in [-0.39, 0.29) is 12.8 Å². The third-order valence-electron chi connectivity index (χ3n) is 4.78. The fraction of sp³-hybridized carbons (Fsp3) is 0.316. The van der Waals surface area contributed by atoms with E-state index in [1.807, 2.05) is 30.3 Å². The maximum atomic E-state index is 11.2. The molecule has 2 aromatic rings. The smallest absolute Gasteiger partial charge is 0.407 e. The lowest BCUT2D eigenvalue weighted by molar-refractivity contribution is 0.0932. The van der Waals surface area contributed by atoms with Crippen LogP contribution in [0.5, 0.6) is 11.5 Å². The number of rotatable bonds is 3. The van der Waals surface area contributed by atoms with Crippen LogP contribution in [0.15, 0.2) is 48.5 Å². The molecular weight excluding hydrogens is 320 g/mol. The Hall–Kier alpha value is -2.73. The highest BCUT2D eigenvalue weighted by Gasteiger charge is 2.29. The third kappa shape index (κ3) is 3.13. The molecular formula is C19H20N2O4. The topological polar surface area (TPSA) is 62.2 Å². The predicted octanol–water partition coefficient (Wildman–Crippen LogP) is 2.80. The molecule has 25 heavy (non-hydrogen) atoms. The van der Waals surface area contributed by atoms with Gasteiger partial charge < -0.3 is 19.5 Å². The molecule has 2 heterocycles. The summed E-state index contributed by atoms with van der Waals surface area (Å²) in [5, 5.41) is 9.18. The van der Waals surface area contributed by atoms with Gasteiger partial charge in [0, 0.05) is 26.2 Å². The molecule has 2 aliphatic heterocycles. The van der Waals surface area contributed by atoms with Crippen LogP contribution in [0.1, 0.15) is 17.2 Å². The van der Waals surface area contributed by atoms with Gasteiger partial charge in [0.1, 0.15) is 0 Å². The van der Waals surface area contributed by atoms with Crippen LogP contribution in [0.2, 0.25) is 0 Å². The van der Waals surface area contributed by atoms with Crippen LogP contribution in [-0.2, 0) is 0 Å². The van der Waals surface area contributed by atoms with Crippen LogP contribution in [0, 0.1) is 0 Å². The number of carboxylic acid groups (broad SMARTS) is 1. The van der Waals surface area contributed by atoms with E-state index in [9.17, 15) is 9.90 Å². The molecule has 0 spiro atoms. The summed E-state index contributed by atoms with van der Waals surface area (Å²) in [4.78, 5) is 15.0. The SMILES string of the molecule is O=C(O)N1CCN(C(c2ccccc2)c2ccc3c(c2)OCO3)CC1. The first-order valence-corrected chi connectivity index (χ1v) is 8.39. The number of carbonyl (C=O) groups is 1. The van der Waals surface area contributed by atoms with E-state index in [4.69, 9.17) is 9.47 Å². The number of amides is 1. The van der Waals surface area contributed by atoms with Gasteiger partial charge in [-0.1, -0.05) is 36.4 Å². The van der Waals surface area contributed by atoms with Crippen molar-refractivity contribution in [2.75, 3.05) is 33.0 Å². The highest BCUT2D eigenvalue weighted by Crippen LogP contribution is 2.37. The minimum Gasteiger partial charge on any atom is -0.465 e. The van der Waals surface area contributed by atoms with Gasteiger partial charge in [0.2, 0.25) is 6.79 Å². The average Bonchev–Trinajstić information content (AvgIpc) is 3.11. The molecule has 1 N–H and O–H groups in total. The van der Waals surface area contributed by atoms with Gasteiger partial charge >= 0.3 is 6.09 Å². The van der Waals surface area contributed by atoms with E-state index < -0.39 is 6.09 Å². The Morgan fingerprint density at radius 3 is 2.36 bits per heavy atom. The van der Waals surface area contributed by atoms with Crippen LogP contribution in [-0.4, -0.2) is 54.0 Å². The van der Waals surface area contributed by atoms with Crippen molar-refractivity contribution in [2.24, 2.45) is 0 Å². The van der Waals surface area contributed by atoms with Gasteiger partial charge in [0.25, 0.3) is 0 Å². The summed E-state index contributed by atoms with van der Waals surface area (Å²) in [6.45, 7) is 2.68. The molecule has 1 amide bonds.